The number of benzene rings is 6. The summed E-state index contributed by atoms with van der Waals surface area (Å²) in [6, 6.07) is 45.7. The molecule has 0 spiro atoms. The fourth-order valence-corrected chi connectivity index (χ4v) is 7.18. The van der Waals surface area contributed by atoms with Crippen molar-refractivity contribution in [3.05, 3.63) is 163 Å². The molecule has 1 aliphatic heterocycles. The average Bonchev–Trinajstić information content (AvgIpc) is 3.72. The summed E-state index contributed by atoms with van der Waals surface area (Å²) in [7, 11) is 0. The van der Waals surface area contributed by atoms with Gasteiger partial charge in [-0.15, -0.1) is 0 Å². The van der Waals surface area contributed by atoms with Gasteiger partial charge in [-0.3, -0.25) is 0 Å². The predicted octanol–water partition coefficient (Wildman–Crippen LogP) is 10.4. The lowest BCUT2D eigenvalue weighted by molar-refractivity contribution is 0.269. The maximum atomic E-state index is 6.40. The first kappa shape index (κ1) is 26.8. The van der Waals surface area contributed by atoms with Crippen LogP contribution in [0.1, 0.15) is 17.3 Å². The number of nitrogens with zero attached hydrogens (tertiary/aromatic N) is 3. The second-order valence-electron chi connectivity index (χ2n) is 12.3. The molecule has 5 nitrogen and oxygen atoms in total. The zero-order valence-corrected chi connectivity index (χ0v) is 25.7. The Hall–Kier alpha value is -6.33. The highest BCUT2D eigenvalue weighted by molar-refractivity contribution is 6.15. The Labute approximate surface area is 276 Å². The van der Waals surface area contributed by atoms with Crippen molar-refractivity contribution in [1.29, 1.82) is 0 Å². The van der Waals surface area contributed by atoms with Crippen molar-refractivity contribution in [3.8, 4) is 39.7 Å². The molecule has 226 valence electrons. The van der Waals surface area contributed by atoms with Crippen LogP contribution in [0.25, 0.3) is 72.2 Å². The zero-order valence-electron chi connectivity index (χ0n) is 25.7. The smallest absolute Gasteiger partial charge is 0.165 e. The van der Waals surface area contributed by atoms with Gasteiger partial charge in [-0.25, -0.2) is 15.0 Å². The van der Waals surface area contributed by atoms with E-state index in [1.165, 1.54) is 10.9 Å². The standard InChI is InChI=1S/C43H27N3O2/c1-2-11-27(12-3-1)31-22-23-37-39(34-15-7-9-17-36(34)47-37)40(31)43-45-41(29-19-18-26-10-4-5-13-28(26)24-29)44-42(46-43)30-20-21-33-32-14-6-8-16-35(32)48-38(33)25-30/h1-25,33,38H. The second-order valence-corrected chi connectivity index (χ2v) is 12.3. The maximum absolute atomic E-state index is 6.40. The molecule has 3 heterocycles. The monoisotopic (exact) mass is 617 g/mol. The Morgan fingerprint density at radius 3 is 2.27 bits per heavy atom. The highest BCUT2D eigenvalue weighted by Crippen LogP contribution is 2.44. The van der Waals surface area contributed by atoms with Gasteiger partial charge in [-0.1, -0.05) is 115 Å². The molecule has 8 aromatic rings. The molecule has 1 aliphatic carbocycles. The van der Waals surface area contributed by atoms with Gasteiger partial charge in [-0.05, 0) is 58.3 Å². The van der Waals surface area contributed by atoms with Crippen molar-refractivity contribution in [1.82, 2.24) is 15.0 Å². The molecule has 48 heavy (non-hydrogen) atoms. The summed E-state index contributed by atoms with van der Waals surface area (Å²) >= 11 is 0. The van der Waals surface area contributed by atoms with Crippen molar-refractivity contribution in [2.24, 2.45) is 0 Å². The Morgan fingerprint density at radius 2 is 1.33 bits per heavy atom. The second kappa shape index (κ2) is 10.6. The van der Waals surface area contributed by atoms with E-state index in [9.17, 15) is 0 Å². The van der Waals surface area contributed by atoms with Gasteiger partial charge in [0.25, 0.3) is 0 Å². The zero-order chi connectivity index (χ0) is 31.6. The van der Waals surface area contributed by atoms with Crippen LogP contribution >= 0.6 is 0 Å². The van der Waals surface area contributed by atoms with E-state index in [1.807, 2.05) is 36.4 Å². The summed E-state index contributed by atoms with van der Waals surface area (Å²) in [5.41, 5.74) is 7.66. The van der Waals surface area contributed by atoms with Gasteiger partial charge in [0.15, 0.2) is 17.5 Å². The van der Waals surface area contributed by atoms with E-state index in [0.29, 0.717) is 17.5 Å². The van der Waals surface area contributed by atoms with E-state index in [2.05, 4.69) is 115 Å². The van der Waals surface area contributed by atoms with E-state index < -0.39 is 0 Å². The number of fused-ring (bicyclic) bond motifs is 7. The third kappa shape index (κ3) is 4.28. The molecule has 0 saturated heterocycles. The first-order chi connectivity index (χ1) is 23.8. The van der Waals surface area contributed by atoms with Gasteiger partial charge in [0, 0.05) is 39.0 Å². The van der Waals surface area contributed by atoms with Crippen LogP contribution < -0.4 is 4.74 Å². The molecule has 2 aromatic heterocycles. The van der Waals surface area contributed by atoms with Crippen LogP contribution in [0.15, 0.2) is 156 Å². The van der Waals surface area contributed by atoms with Crippen molar-refractivity contribution in [2.75, 3.05) is 0 Å². The summed E-state index contributed by atoms with van der Waals surface area (Å²) < 4.78 is 12.8. The molecule has 0 N–H and O–H groups in total. The summed E-state index contributed by atoms with van der Waals surface area (Å²) in [6.45, 7) is 0. The molecular formula is C43H27N3O2. The third-order valence-corrected chi connectivity index (χ3v) is 9.48. The molecule has 0 amide bonds. The highest BCUT2D eigenvalue weighted by Gasteiger charge is 2.34. The van der Waals surface area contributed by atoms with Crippen LogP contribution in [-0.2, 0) is 0 Å². The van der Waals surface area contributed by atoms with E-state index in [4.69, 9.17) is 24.1 Å². The van der Waals surface area contributed by atoms with Crippen molar-refractivity contribution >= 4 is 38.3 Å². The normalized spacial score (nSPS) is 16.5. The number of aromatic nitrogens is 3. The largest absolute Gasteiger partial charge is 0.485 e. The first-order valence-electron chi connectivity index (χ1n) is 16.2. The van der Waals surface area contributed by atoms with Crippen LogP contribution in [0.4, 0.5) is 0 Å². The van der Waals surface area contributed by atoms with Gasteiger partial charge in [0.2, 0.25) is 0 Å². The topological polar surface area (TPSA) is 61.0 Å². The van der Waals surface area contributed by atoms with Gasteiger partial charge < -0.3 is 9.15 Å². The molecule has 0 fully saturated rings. The molecule has 2 aliphatic rings. The Balaban J connectivity index is 1.23. The average molecular weight is 618 g/mol. The quantitative estimate of drug-likeness (QED) is 0.197. The lowest BCUT2D eigenvalue weighted by Crippen LogP contribution is -2.18. The predicted molar refractivity (Wildman–Crippen MR) is 192 cm³/mol. The SMILES string of the molecule is C1=CC2c3ccccc3OC2C=C1c1nc(-c2ccc3ccccc3c2)nc(-c2c(-c3ccccc3)ccc3oc4ccccc4c23)n1. The number of hydrogen-bond acceptors (Lipinski definition) is 5. The number of ether oxygens (including phenoxy) is 1. The molecule has 0 bridgehead atoms. The molecule has 0 saturated carbocycles. The van der Waals surface area contributed by atoms with Crippen LogP contribution in [-0.4, -0.2) is 21.1 Å². The van der Waals surface area contributed by atoms with Crippen LogP contribution in [0.2, 0.25) is 0 Å². The van der Waals surface area contributed by atoms with Crippen molar-refractivity contribution < 1.29 is 9.15 Å². The fourth-order valence-electron chi connectivity index (χ4n) is 7.18. The summed E-state index contributed by atoms with van der Waals surface area (Å²) in [5.74, 6) is 2.87. The van der Waals surface area contributed by atoms with Gasteiger partial charge in [0.05, 0.1) is 0 Å². The van der Waals surface area contributed by atoms with Gasteiger partial charge >= 0.3 is 0 Å². The van der Waals surface area contributed by atoms with Crippen LogP contribution in [0.3, 0.4) is 0 Å². The van der Waals surface area contributed by atoms with Crippen molar-refractivity contribution in [3.63, 3.8) is 0 Å². The van der Waals surface area contributed by atoms with Gasteiger partial charge in [0.1, 0.15) is 23.0 Å². The highest BCUT2D eigenvalue weighted by atomic mass is 16.5. The van der Waals surface area contributed by atoms with E-state index in [-0.39, 0.29) is 12.0 Å². The Kier molecular flexibility index (Phi) is 5.93. The molecule has 2 unspecified atom stereocenters. The minimum atomic E-state index is -0.132. The molecule has 0 radical (unpaired) electrons. The lowest BCUT2D eigenvalue weighted by Gasteiger charge is -2.19. The minimum Gasteiger partial charge on any atom is -0.485 e. The molecule has 5 heteroatoms. The third-order valence-electron chi connectivity index (χ3n) is 9.48. The first-order valence-corrected chi connectivity index (χ1v) is 16.2. The summed E-state index contributed by atoms with van der Waals surface area (Å²) in [4.78, 5) is 15.6. The molecule has 10 rings (SSSR count). The lowest BCUT2D eigenvalue weighted by atomic mass is 9.89. The van der Waals surface area contributed by atoms with E-state index >= 15 is 0 Å². The number of furan rings is 1. The number of allylic oxidation sites excluding steroid dienone is 2. The van der Waals surface area contributed by atoms with E-state index in [1.54, 1.807) is 0 Å². The number of hydrogen-bond donors (Lipinski definition) is 0. The Morgan fingerprint density at radius 1 is 0.562 bits per heavy atom. The molecule has 6 aromatic carbocycles. The summed E-state index contributed by atoms with van der Waals surface area (Å²) in [6.07, 6.45) is 6.36. The van der Waals surface area contributed by atoms with Crippen LogP contribution in [0, 0.1) is 0 Å². The maximum Gasteiger partial charge on any atom is 0.165 e. The minimum absolute atomic E-state index is 0.132. The Bertz CT molecular complexity index is 2620. The van der Waals surface area contributed by atoms with Crippen LogP contribution in [0.5, 0.6) is 5.75 Å². The van der Waals surface area contributed by atoms with Crippen molar-refractivity contribution in [2.45, 2.75) is 12.0 Å². The number of rotatable bonds is 4. The molecule has 2 atom stereocenters. The van der Waals surface area contributed by atoms with Gasteiger partial charge in [-0.2, -0.15) is 0 Å². The molecular weight excluding hydrogens is 590 g/mol. The van der Waals surface area contributed by atoms with E-state index in [0.717, 1.165) is 60.9 Å². The number of para-hydroxylation sites is 2. The fraction of sp³-hybridized carbons (Fsp3) is 0.0465. The summed E-state index contributed by atoms with van der Waals surface area (Å²) in [5, 5.41) is 4.30.